The molecule has 0 heterocycles. The molecule has 1 aromatic rings. The zero-order valence-electron chi connectivity index (χ0n) is 10.9. The summed E-state index contributed by atoms with van der Waals surface area (Å²) in [5.74, 6) is 0.452. The molecule has 0 aliphatic rings. The molecule has 0 saturated heterocycles. The molecule has 0 fully saturated rings. The molecule has 3 N–H and O–H groups in total. The smallest absolute Gasteiger partial charge is 0.251 e. The highest BCUT2D eigenvalue weighted by Gasteiger charge is 2.10. The Morgan fingerprint density at radius 1 is 1.47 bits per heavy atom. The number of benzene rings is 1. The van der Waals surface area contributed by atoms with E-state index in [-0.39, 0.29) is 5.91 Å². The minimum atomic E-state index is -0.116. The third-order valence-electron chi connectivity index (χ3n) is 2.57. The topological polar surface area (TPSA) is 58.4 Å². The second-order valence-corrected chi connectivity index (χ2v) is 4.63. The van der Waals surface area contributed by atoms with Gasteiger partial charge in [0.25, 0.3) is 5.91 Å². The average molecular weight is 235 g/mol. The molecule has 0 spiro atoms. The largest absolute Gasteiger partial charge is 0.397 e. The molecule has 1 rings (SSSR count). The first-order valence-corrected chi connectivity index (χ1v) is 5.78. The lowest BCUT2D eigenvalue weighted by molar-refractivity contribution is 0.0963. The Morgan fingerprint density at radius 3 is 2.59 bits per heavy atom. The summed E-state index contributed by atoms with van der Waals surface area (Å²) in [6, 6.07) is 5.40. The minimum Gasteiger partial charge on any atom is -0.397 e. The third-order valence-corrected chi connectivity index (χ3v) is 2.57. The molecule has 0 atom stereocenters. The number of anilines is 2. The molecular weight excluding hydrogens is 214 g/mol. The lowest BCUT2D eigenvalue weighted by atomic mass is 10.1. The molecule has 17 heavy (non-hydrogen) atoms. The monoisotopic (exact) mass is 235 g/mol. The summed E-state index contributed by atoms with van der Waals surface area (Å²) in [7, 11) is 3.61. The highest BCUT2D eigenvalue weighted by Crippen LogP contribution is 2.24. The van der Waals surface area contributed by atoms with E-state index in [4.69, 9.17) is 5.73 Å². The Labute approximate surface area is 103 Å². The van der Waals surface area contributed by atoms with E-state index >= 15 is 0 Å². The summed E-state index contributed by atoms with van der Waals surface area (Å²) < 4.78 is 0. The summed E-state index contributed by atoms with van der Waals surface area (Å²) in [6.07, 6.45) is 0. The molecule has 0 unspecified atom stereocenters. The van der Waals surface area contributed by atoms with Gasteiger partial charge in [0, 0.05) is 26.2 Å². The molecule has 1 aromatic carbocycles. The van der Waals surface area contributed by atoms with Gasteiger partial charge in [-0.25, -0.2) is 0 Å². The zero-order chi connectivity index (χ0) is 13.0. The average Bonchev–Trinajstić information content (AvgIpc) is 2.26. The molecule has 0 aliphatic heterocycles. The van der Waals surface area contributed by atoms with E-state index < -0.39 is 0 Å². The first-order chi connectivity index (χ1) is 7.95. The number of carbonyl (C=O) groups is 1. The zero-order valence-corrected chi connectivity index (χ0v) is 10.9. The summed E-state index contributed by atoms with van der Waals surface area (Å²) in [6.45, 7) is 5.25. The van der Waals surface area contributed by atoms with Crippen molar-refractivity contribution in [2.75, 3.05) is 31.3 Å². The Hall–Kier alpha value is -1.71. The number of nitrogens with one attached hydrogen (secondary N) is 1. The normalized spacial score (nSPS) is 10.4. The number of nitrogens with zero attached hydrogens (tertiary/aromatic N) is 1. The van der Waals surface area contributed by atoms with Crippen LogP contribution in [-0.2, 0) is 0 Å². The number of nitrogen functional groups attached to an aromatic ring is 1. The number of carbonyl (C=O) groups excluding carboxylic acids is 1. The third kappa shape index (κ3) is 3.37. The highest BCUT2D eigenvalue weighted by molar-refractivity contribution is 5.95. The van der Waals surface area contributed by atoms with Gasteiger partial charge in [0.15, 0.2) is 0 Å². The van der Waals surface area contributed by atoms with Crippen molar-refractivity contribution in [1.82, 2.24) is 5.32 Å². The van der Waals surface area contributed by atoms with Gasteiger partial charge in [-0.2, -0.15) is 0 Å². The maximum atomic E-state index is 11.4. The maximum absolute atomic E-state index is 11.4. The van der Waals surface area contributed by atoms with Crippen LogP contribution in [0.1, 0.15) is 24.2 Å². The predicted molar refractivity (Wildman–Crippen MR) is 72.4 cm³/mol. The van der Waals surface area contributed by atoms with Crippen LogP contribution in [0.2, 0.25) is 0 Å². The summed E-state index contributed by atoms with van der Waals surface area (Å²) >= 11 is 0. The fourth-order valence-electron chi connectivity index (χ4n) is 1.83. The molecule has 0 saturated carbocycles. The van der Waals surface area contributed by atoms with Crippen LogP contribution in [0.5, 0.6) is 0 Å². The molecule has 4 heteroatoms. The number of hydrogen-bond acceptors (Lipinski definition) is 3. The van der Waals surface area contributed by atoms with Gasteiger partial charge in [-0.3, -0.25) is 4.79 Å². The van der Waals surface area contributed by atoms with E-state index in [0.717, 1.165) is 12.2 Å². The summed E-state index contributed by atoms with van der Waals surface area (Å²) in [4.78, 5) is 13.5. The van der Waals surface area contributed by atoms with Crippen LogP contribution in [0.25, 0.3) is 0 Å². The molecule has 94 valence electrons. The van der Waals surface area contributed by atoms with Crippen LogP contribution >= 0.6 is 0 Å². The Bertz CT molecular complexity index is 402. The van der Waals surface area contributed by atoms with Gasteiger partial charge in [-0.15, -0.1) is 0 Å². The van der Waals surface area contributed by atoms with Crippen molar-refractivity contribution < 1.29 is 4.79 Å². The van der Waals surface area contributed by atoms with Gasteiger partial charge < -0.3 is 16.0 Å². The summed E-state index contributed by atoms with van der Waals surface area (Å²) in [5, 5.41) is 2.58. The van der Waals surface area contributed by atoms with Gasteiger partial charge in [0.05, 0.1) is 11.4 Å². The number of amides is 1. The van der Waals surface area contributed by atoms with E-state index in [1.807, 2.05) is 13.1 Å². The van der Waals surface area contributed by atoms with E-state index in [9.17, 15) is 4.79 Å². The second kappa shape index (κ2) is 5.57. The van der Waals surface area contributed by atoms with Crippen molar-refractivity contribution in [1.29, 1.82) is 0 Å². The Morgan fingerprint density at radius 2 is 2.12 bits per heavy atom. The van der Waals surface area contributed by atoms with Gasteiger partial charge in [0.1, 0.15) is 0 Å². The van der Waals surface area contributed by atoms with Crippen LogP contribution in [0, 0.1) is 5.92 Å². The summed E-state index contributed by atoms with van der Waals surface area (Å²) in [5.41, 5.74) is 8.16. The van der Waals surface area contributed by atoms with Crippen LogP contribution < -0.4 is 16.0 Å². The van der Waals surface area contributed by atoms with Crippen molar-refractivity contribution in [2.24, 2.45) is 5.92 Å². The lowest BCUT2D eigenvalue weighted by Gasteiger charge is -2.23. The maximum Gasteiger partial charge on any atom is 0.251 e. The molecule has 0 aromatic heterocycles. The standard InChI is InChI=1S/C13H21N3O/c1-9(2)8-16(4)12-6-5-10(7-11(12)14)13(17)15-3/h5-7,9H,8,14H2,1-4H3,(H,15,17). The van der Waals surface area contributed by atoms with Gasteiger partial charge >= 0.3 is 0 Å². The number of nitrogens with two attached hydrogens (primary N) is 1. The molecule has 4 nitrogen and oxygen atoms in total. The second-order valence-electron chi connectivity index (χ2n) is 4.63. The van der Waals surface area contributed by atoms with Crippen molar-refractivity contribution in [3.63, 3.8) is 0 Å². The Kier molecular flexibility index (Phi) is 4.37. The van der Waals surface area contributed by atoms with Gasteiger partial charge in [-0.05, 0) is 24.1 Å². The lowest BCUT2D eigenvalue weighted by Crippen LogP contribution is -2.24. The van der Waals surface area contributed by atoms with Gasteiger partial charge in [0.2, 0.25) is 0 Å². The van der Waals surface area contributed by atoms with Crippen LogP contribution in [0.3, 0.4) is 0 Å². The SMILES string of the molecule is CNC(=O)c1ccc(N(C)CC(C)C)c(N)c1. The van der Waals surface area contributed by atoms with Crippen molar-refractivity contribution in [3.8, 4) is 0 Å². The van der Waals surface area contributed by atoms with E-state index in [2.05, 4.69) is 24.1 Å². The first kappa shape index (κ1) is 13.4. The predicted octanol–water partition coefficient (Wildman–Crippen LogP) is 1.72. The first-order valence-electron chi connectivity index (χ1n) is 5.78. The molecule has 0 radical (unpaired) electrons. The quantitative estimate of drug-likeness (QED) is 0.781. The number of hydrogen-bond donors (Lipinski definition) is 2. The minimum absolute atomic E-state index is 0.116. The fraction of sp³-hybridized carbons (Fsp3) is 0.462. The molecule has 0 aliphatic carbocycles. The Balaban J connectivity index is 2.93. The van der Waals surface area contributed by atoms with Crippen LogP contribution in [0.4, 0.5) is 11.4 Å². The fourth-order valence-corrected chi connectivity index (χ4v) is 1.83. The van der Waals surface area contributed by atoms with E-state index in [1.165, 1.54) is 0 Å². The van der Waals surface area contributed by atoms with Gasteiger partial charge in [-0.1, -0.05) is 13.8 Å². The molecule has 1 amide bonds. The van der Waals surface area contributed by atoms with Crippen molar-refractivity contribution in [2.45, 2.75) is 13.8 Å². The van der Waals surface area contributed by atoms with E-state index in [1.54, 1.807) is 19.2 Å². The van der Waals surface area contributed by atoms with Crippen LogP contribution in [-0.4, -0.2) is 26.5 Å². The van der Waals surface area contributed by atoms with Crippen molar-refractivity contribution >= 4 is 17.3 Å². The molecular formula is C13H21N3O. The molecule has 0 bridgehead atoms. The van der Waals surface area contributed by atoms with Crippen molar-refractivity contribution in [3.05, 3.63) is 23.8 Å². The van der Waals surface area contributed by atoms with E-state index in [0.29, 0.717) is 17.2 Å². The highest BCUT2D eigenvalue weighted by atomic mass is 16.1. The number of rotatable bonds is 4. The van der Waals surface area contributed by atoms with Crippen LogP contribution in [0.15, 0.2) is 18.2 Å².